The zero-order chi connectivity index (χ0) is 29.2. The zero-order valence-corrected chi connectivity index (χ0v) is 23.7. The highest BCUT2D eigenvalue weighted by atomic mass is 16.6. The van der Waals surface area contributed by atoms with Crippen LogP contribution < -0.4 is 10.5 Å². The summed E-state index contributed by atoms with van der Waals surface area (Å²) in [5, 5.41) is 0. The van der Waals surface area contributed by atoms with Crippen LogP contribution in [0.3, 0.4) is 0 Å². The molecule has 0 unspecified atom stereocenters. The van der Waals surface area contributed by atoms with E-state index < -0.39 is 0 Å². The maximum Gasteiger partial charge on any atom is 0.253 e. The maximum atomic E-state index is 11.4. The van der Waals surface area contributed by atoms with Crippen molar-refractivity contribution in [1.82, 2.24) is 4.90 Å². The Morgan fingerprint density at radius 1 is 0.488 bits per heavy atom. The molecule has 0 atom stereocenters. The third-order valence-electron chi connectivity index (χ3n) is 5.37. The van der Waals surface area contributed by atoms with Crippen LogP contribution in [0.2, 0.25) is 0 Å². The van der Waals surface area contributed by atoms with Crippen molar-refractivity contribution in [1.29, 1.82) is 0 Å². The largest absolute Gasteiger partial charge is 0.489 e. The first kappa shape index (κ1) is 34.6. The summed E-state index contributed by atoms with van der Waals surface area (Å²) in [6.07, 6.45) is 2.51. The van der Waals surface area contributed by atoms with E-state index in [1.165, 1.54) is 12.2 Å². The fourth-order valence-corrected chi connectivity index (χ4v) is 3.27. The van der Waals surface area contributed by atoms with Crippen molar-refractivity contribution in [3.8, 4) is 5.75 Å². The highest BCUT2D eigenvalue weighted by Crippen LogP contribution is 2.19. The first-order valence-corrected chi connectivity index (χ1v) is 13.8. The molecule has 41 heavy (non-hydrogen) atoms. The van der Waals surface area contributed by atoms with Gasteiger partial charge in [0.05, 0.1) is 118 Å². The van der Waals surface area contributed by atoms with Gasteiger partial charge in [0.2, 0.25) is 0 Å². The number of carbonyl (C=O) groups excluding carboxylic acids is 2. The molecule has 2 rings (SSSR count). The van der Waals surface area contributed by atoms with Gasteiger partial charge in [-0.2, -0.15) is 0 Å². The SMILES string of the molecule is Nc1ccccc1OCCOCCOCCOCCOCCOCCOCCOCCOCCN1C(=O)C=CC1=O. The van der Waals surface area contributed by atoms with Gasteiger partial charge in [-0.15, -0.1) is 0 Å². The highest BCUT2D eigenvalue weighted by molar-refractivity contribution is 6.12. The number of amides is 2. The van der Waals surface area contributed by atoms with Gasteiger partial charge in [-0.1, -0.05) is 12.1 Å². The van der Waals surface area contributed by atoms with E-state index in [-0.39, 0.29) is 25.0 Å². The van der Waals surface area contributed by atoms with Gasteiger partial charge in [0.1, 0.15) is 12.4 Å². The molecule has 0 spiro atoms. The minimum Gasteiger partial charge on any atom is -0.489 e. The van der Waals surface area contributed by atoms with Crippen molar-refractivity contribution < 1.29 is 52.2 Å². The van der Waals surface area contributed by atoms with Crippen molar-refractivity contribution in [2.45, 2.75) is 0 Å². The molecule has 2 N–H and O–H groups in total. The number of hydrogen-bond acceptors (Lipinski definition) is 12. The predicted molar refractivity (Wildman–Crippen MR) is 149 cm³/mol. The second-order valence-electron chi connectivity index (χ2n) is 8.45. The summed E-state index contributed by atoms with van der Waals surface area (Å²) in [6.45, 7) is 7.94. The van der Waals surface area contributed by atoms with Crippen LogP contribution in [0, 0.1) is 0 Å². The molecule has 13 nitrogen and oxygen atoms in total. The van der Waals surface area contributed by atoms with Crippen LogP contribution in [0.25, 0.3) is 0 Å². The zero-order valence-electron chi connectivity index (χ0n) is 23.7. The van der Waals surface area contributed by atoms with Gasteiger partial charge in [0.25, 0.3) is 11.8 Å². The van der Waals surface area contributed by atoms with E-state index in [0.29, 0.717) is 117 Å². The number of hydrogen-bond donors (Lipinski definition) is 1. The van der Waals surface area contributed by atoms with E-state index in [4.69, 9.17) is 48.4 Å². The molecule has 0 radical (unpaired) electrons. The quantitative estimate of drug-likeness (QED) is 0.0840. The van der Waals surface area contributed by atoms with Crippen molar-refractivity contribution in [2.75, 3.05) is 125 Å². The number of carbonyl (C=O) groups is 2. The van der Waals surface area contributed by atoms with E-state index in [0.717, 1.165) is 4.90 Å². The van der Waals surface area contributed by atoms with Crippen molar-refractivity contribution >= 4 is 17.5 Å². The Morgan fingerprint density at radius 2 is 0.829 bits per heavy atom. The highest BCUT2D eigenvalue weighted by Gasteiger charge is 2.22. The standard InChI is InChI=1S/C28H44N2O11/c29-25-3-1-2-4-26(25)41-24-23-40-22-21-39-20-19-38-18-17-37-16-15-36-14-13-35-12-11-34-10-9-33-8-7-30-27(31)5-6-28(30)32/h1-6H,7-24,29H2. The maximum absolute atomic E-state index is 11.4. The Labute approximate surface area is 241 Å². The summed E-state index contributed by atoms with van der Waals surface area (Å²) in [5.41, 5.74) is 6.42. The molecule has 1 heterocycles. The number of anilines is 1. The van der Waals surface area contributed by atoms with Gasteiger partial charge in [0, 0.05) is 12.2 Å². The van der Waals surface area contributed by atoms with E-state index in [9.17, 15) is 9.59 Å². The number of rotatable bonds is 28. The van der Waals surface area contributed by atoms with Crippen molar-refractivity contribution in [2.24, 2.45) is 0 Å². The second kappa shape index (κ2) is 24.0. The molecule has 0 bridgehead atoms. The number of nitrogens with zero attached hydrogens (tertiary/aromatic N) is 1. The number of nitrogens with two attached hydrogens (primary N) is 1. The fraction of sp³-hybridized carbons (Fsp3) is 0.643. The van der Waals surface area contributed by atoms with Gasteiger partial charge in [-0.25, -0.2) is 0 Å². The Morgan fingerprint density at radius 3 is 1.22 bits per heavy atom. The van der Waals surface area contributed by atoms with Crippen LogP contribution in [0.5, 0.6) is 5.75 Å². The van der Waals surface area contributed by atoms with Crippen LogP contribution in [0.1, 0.15) is 0 Å². The summed E-state index contributed by atoms with van der Waals surface area (Å²) in [5.74, 6) is 0.0497. The van der Waals surface area contributed by atoms with Crippen molar-refractivity contribution in [3.63, 3.8) is 0 Å². The molecule has 232 valence electrons. The van der Waals surface area contributed by atoms with Gasteiger partial charge in [-0.3, -0.25) is 14.5 Å². The van der Waals surface area contributed by atoms with Gasteiger partial charge >= 0.3 is 0 Å². The third-order valence-corrected chi connectivity index (χ3v) is 5.37. The fourth-order valence-electron chi connectivity index (χ4n) is 3.27. The second-order valence-corrected chi connectivity index (χ2v) is 8.45. The molecular weight excluding hydrogens is 540 g/mol. The van der Waals surface area contributed by atoms with Crippen LogP contribution in [0.4, 0.5) is 5.69 Å². The molecule has 1 aliphatic heterocycles. The number of ether oxygens (including phenoxy) is 9. The lowest BCUT2D eigenvalue weighted by molar-refractivity contribution is -0.137. The molecule has 0 aromatic heterocycles. The van der Waals surface area contributed by atoms with Crippen molar-refractivity contribution in [3.05, 3.63) is 36.4 Å². The van der Waals surface area contributed by atoms with E-state index in [1.807, 2.05) is 18.2 Å². The monoisotopic (exact) mass is 584 g/mol. The summed E-state index contributed by atoms with van der Waals surface area (Å²) in [4.78, 5) is 23.9. The Kier molecular flexibility index (Phi) is 20.3. The molecule has 1 aliphatic rings. The van der Waals surface area contributed by atoms with Gasteiger partial charge in [-0.05, 0) is 12.1 Å². The molecule has 0 fully saturated rings. The minimum absolute atomic E-state index is 0.240. The van der Waals surface area contributed by atoms with Crippen LogP contribution in [-0.4, -0.2) is 136 Å². The lowest BCUT2D eigenvalue weighted by Crippen LogP contribution is -2.33. The molecule has 1 aromatic carbocycles. The summed E-state index contributed by atoms with van der Waals surface area (Å²) in [7, 11) is 0. The lowest BCUT2D eigenvalue weighted by Gasteiger charge is -2.13. The Balaban J connectivity index is 1.18. The topological polar surface area (TPSA) is 146 Å². The summed E-state index contributed by atoms with van der Waals surface area (Å²) in [6, 6.07) is 7.35. The predicted octanol–water partition coefficient (Wildman–Crippen LogP) is 0.705. The molecule has 0 aliphatic carbocycles. The average Bonchev–Trinajstić information content (AvgIpc) is 3.30. The Bertz CT molecular complexity index is 838. The molecule has 0 saturated carbocycles. The molecule has 0 saturated heterocycles. The summed E-state index contributed by atoms with van der Waals surface area (Å²) < 4.78 is 49.0. The number of imide groups is 1. The summed E-state index contributed by atoms with van der Waals surface area (Å²) >= 11 is 0. The smallest absolute Gasteiger partial charge is 0.253 e. The average molecular weight is 585 g/mol. The number of benzene rings is 1. The molecule has 1 aromatic rings. The minimum atomic E-state index is -0.306. The van der Waals surface area contributed by atoms with Gasteiger partial charge < -0.3 is 48.4 Å². The lowest BCUT2D eigenvalue weighted by atomic mass is 10.3. The van der Waals surface area contributed by atoms with Gasteiger partial charge in [0.15, 0.2) is 0 Å². The van der Waals surface area contributed by atoms with E-state index >= 15 is 0 Å². The molecule has 13 heteroatoms. The van der Waals surface area contributed by atoms with E-state index in [2.05, 4.69) is 0 Å². The van der Waals surface area contributed by atoms with E-state index in [1.54, 1.807) is 6.07 Å². The first-order valence-electron chi connectivity index (χ1n) is 13.8. The molecule has 2 amide bonds. The molecular formula is C28H44N2O11. The Hall–Kier alpha value is -2.62. The van der Waals surface area contributed by atoms with Crippen LogP contribution in [0.15, 0.2) is 36.4 Å². The third kappa shape index (κ3) is 17.7. The number of para-hydroxylation sites is 2. The number of nitrogen functional groups attached to an aromatic ring is 1. The van der Waals surface area contributed by atoms with Crippen LogP contribution >= 0.6 is 0 Å². The first-order chi connectivity index (χ1) is 20.2. The van der Waals surface area contributed by atoms with Crippen LogP contribution in [-0.2, 0) is 47.5 Å². The normalized spacial score (nSPS) is 13.0.